The predicted molar refractivity (Wildman–Crippen MR) is 93.6 cm³/mol. The first kappa shape index (κ1) is 17.0. The second kappa shape index (κ2) is 7.28. The number of rotatable bonds is 3. The van der Waals surface area contributed by atoms with Crippen molar-refractivity contribution in [1.82, 2.24) is 5.32 Å². The Labute approximate surface area is 139 Å². The molecular formula is C19H24ClNO. The molecule has 1 aliphatic rings. The Hall–Kier alpha value is -1.35. The zero-order chi connectivity index (χ0) is 14.7. The van der Waals surface area contributed by atoms with Crippen LogP contribution in [0.3, 0.4) is 0 Å². The van der Waals surface area contributed by atoms with E-state index < -0.39 is 0 Å². The fourth-order valence-corrected chi connectivity index (χ4v) is 3.71. The molecule has 3 rings (SSSR count). The van der Waals surface area contributed by atoms with Gasteiger partial charge in [0.2, 0.25) is 0 Å². The molecule has 0 aromatic heterocycles. The van der Waals surface area contributed by atoms with Gasteiger partial charge in [0.15, 0.2) is 0 Å². The highest BCUT2D eigenvalue weighted by molar-refractivity contribution is 5.85. The molecule has 0 aliphatic heterocycles. The average Bonchev–Trinajstić information content (AvgIpc) is 2.57. The highest BCUT2D eigenvalue weighted by atomic mass is 35.5. The van der Waals surface area contributed by atoms with Gasteiger partial charge in [0.05, 0.1) is 6.10 Å². The summed E-state index contributed by atoms with van der Waals surface area (Å²) in [7, 11) is 1.94. The van der Waals surface area contributed by atoms with Gasteiger partial charge in [0, 0.05) is 11.5 Å². The fourth-order valence-electron chi connectivity index (χ4n) is 3.71. The number of likely N-dealkylation sites (N-methyl/N-ethyl adjacent to an activating group) is 1. The van der Waals surface area contributed by atoms with E-state index in [0.29, 0.717) is 0 Å². The van der Waals surface area contributed by atoms with Crippen LogP contribution in [0.5, 0.6) is 0 Å². The minimum atomic E-state index is -0.254. The molecule has 2 aromatic carbocycles. The van der Waals surface area contributed by atoms with Crippen molar-refractivity contribution in [1.29, 1.82) is 0 Å². The van der Waals surface area contributed by atoms with E-state index >= 15 is 0 Å². The molecule has 0 bridgehead atoms. The zero-order valence-corrected chi connectivity index (χ0v) is 13.7. The van der Waals surface area contributed by atoms with Crippen molar-refractivity contribution in [3.63, 3.8) is 0 Å². The van der Waals surface area contributed by atoms with Crippen molar-refractivity contribution in [2.45, 2.75) is 36.8 Å². The fraction of sp³-hybridized carbons (Fsp3) is 0.368. The van der Waals surface area contributed by atoms with Crippen molar-refractivity contribution in [2.75, 3.05) is 7.05 Å². The summed E-state index contributed by atoms with van der Waals surface area (Å²) in [6, 6.07) is 21.6. The number of benzene rings is 2. The maximum atomic E-state index is 10.2. The normalized spacial score (nSPS) is 23.5. The van der Waals surface area contributed by atoms with Crippen LogP contribution in [0.15, 0.2) is 60.7 Å². The summed E-state index contributed by atoms with van der Waals surface area (Å²) >= 11 is 0. The second-order valence-corrected chi connectivity index (χ2v) is 6.02. The minimum Gasteiger partial charge on any atom is -0.392 e. The molecule has 0 saturated heterocycles. The summed E-state index contributed by atoms with van der Waals surface area (Å²) < 4.78 is 0. The van der Waals surface area contributed by atoms with Gasteiger partial charge < -0.3 is 10.4 Å². The summed E-state index contributed by atoms with van der Waals surface area (Å²) in [6.45, 7) is 0. The van der Waals surface area contributed by atoms with E-state index in [1.54, 1.807) is 0 Å². The molecule has 118 valence electrons. The summed E-state index contributed by atoms with van der Waals surface area (Å²) in [5, 5.41) is 13.5. The molecular weight excluding hydrogens is 294 g/mol. The number of aliphatic hydroxyl groups is 1. The van der Waals surface area contributed by atoms with Gasteiger partial charge in [0.1, 0.15) is 0 Å². The maximum absolute atomic E-state index is 10.2. The van der Waals surface area contributed by atoms with Gasteiger partial charge in [-0.15, -0.1) is 12.4 Å². The molecule has 2 N–H and O–H groups in total. The Kier molecular flexibility index (Phi) is 5.63. The Morgan fingerprint density at radius 2 is 1.45 bits per heavy atom. The lowest BCUT2D eigenvalue weighted by Gasteiger charge is -2.44. The lowest BCUT2D eigenvalue weighted by Crippen LogP contribution is -2.49. The topological polar surface area (TPSA) is 32.3 Å². The molecule has 0 spiro atoms. The standard InChI is InChI=1S/C19H23NO.ClH/c1-20-17-14-19(13-12-18(17)21,15-8-4-2-5-9-15)16-10-6-3-7-11-16;/h2-11,17-18,20-21H,12-14H2,1H3;1H. The van der Waals surface area contributed by atoms with Gasteiger partial charge in [-0.3, -0.25) is 0 Å². The van der Waals surface area contributed by atoms with Crippen molar-refractivity contribution >= 4 is 12.4 Å². The van der Waals surface area contributed by atoms with Crippen LogP contribution in [-0.2, 0) is 5.41 Å². The minimum absolute atomic E-state index is 0. The number of halogens is 1. The van der Waals surface area contributed by atoms with Gasteiger partial charge in [-0.2, -0.15) is 0 Å². The van der Waals surface area contributed by atoms with Gasteiger partial charge in [0.25, 0.3) is 0 Å². The quantitative estimate of drug-likeness (QED) is 0.907. The van der Waals surface area contributed by atoms with Gasteiger partial charge in [-0.1, -0.05) is 60.7 Å². The first-order chi connectivity index (χ1) is 10.3. The van der Waals surface area contributed by atoms with E-state index in [9.17, 15) is 5.11 Å². The van der Waals surface area contributed by atoms with E-state index in [1.165, 1.54) is 11.1 Å². The van der Waals surface area contributed by atoms with Gasteiger partial charge in [-0.05, 0) is 37.4 Å². The Morgan fingerprint density at radius 3 is 1.91 bits per heavy atom. The summed E-state index contributed by atoms with van der Waals surface area (Å²) in [4.78, 5) is 0. The van der Waals surface area contributed by atoms with Crippen LogP contribution in [0.25, 0.3) is 0 Å². The highest BCUT2D eigenvalue weighted by Gasteiger charge is 2.42. The van der Waals surface area contributed by atoms with Gasteiger partial charge in [-0.25, -0.2) is 0 Å². The molecule has 22 heavy (non-hydrogen) atoms. The maximum Gasteiger partial charge on any atom is 0.0694 e. The van der Waals surface area contributed by atoms with E-state index in [1.807, 2.05) is 7.05 Å². The van der Waals surface area contributed by atoms with Gasteiger partial charge >= 0.3 is 0 Å². The molecule has 1 saturated carbocycles. The monoisotopic (exact) mass is 317 g/mol. The van der Waals surface area contributed by atoms with Crippen LogP contribution in [0, 0.1) is 0 Å². The zero-order valence-electron chi connectivity index (χ0n) is 12.9. The summed E-state index contributed by atoms with van der Waals surface area (Å²) in [6.07, 6.45) is 2.49. The molecule has 0 amide bonds. The lowest BCUT2D eigenvalue weighted by molar-refractivity contribution is 0.0709. The SMILES string of the molecule is CNC1CC(c2ccccc2)(c2ccccc2)CCC1O.Cl. The molecule has 2 aromatic rings. The van der Waals surface area contributed by atoms with Crippen molar-refractivity contribution < 1.29 is 5.11 Å². The predicted octanol–water partition coefficient (Wildman–Crippen LogP) is 3.53. The number of hydrogen-bond donors (Lipinski definition) is 2. The van der Waals surface area contributed by atoms with Crippen LogP contribution < -0.4 is 5.32 Å². The Bertz CT molecular complexity index is 533. The summed E-state index contributed by atoms with van der Waals surface area (Å²) in [5.41, 5.74) is 2.70. The lowest BCUT2D eigenvalue weighted by atomic mass is 9.63. The molecule has 2 nitrogen and oxygen atoms in total. The van der Waals surface area contributed by atoms with Crippen LogP contribution >= 0.6 is 12.4 Å². The van der Waals surface area contributed by atoms with Crippen LogP contribution in [0.2, 0.25) is 0 Å². The highest BCUT2D eigenvalue weighted by Crippen LogP contribution is 2.44. The largest absolute Gasteiger partial charge is 0.392 e. The number of nitrogens with one attached hydrogen (secondary N) is 1. The molecule has 2 atom stereocenters. The van der Waals surface area contributed by atoms with E-state index in [-0.39, 0.29) is 30.0 Å². The van der Waals surface area contributed by atoms with Crippen molar-refractivity contribution in [3.8, 4) is 0 Å². The smallest absolute Gasteiger partial charge is 0.0694 e. The Morgan fingerprint density at radius 1 is 0.955 bits per heavy atom. The first-order valence-electron chi connectivity index (χ1n) is 7.73. The summed E-state index contributed by atoms with van der Waals surface area (Å²) in [5.74, 6) is 0. The van der Waals surface area contributed by atoms with E-state index in [0.717, 1.165) is 19.3 Å². The van der Waals surface area contributed by atoms with E-state index in [2.05, 4.69) is 66.0 Å². The van der Waals surface area contributed by atoms with Crippen molar-refractivity contribution in [2.24, 2.45) is 0 Å². The number of aliphatic hydroxyl groups excluding tert-OH is 1. The van der Waals surface area contributed by atoms with Crippen LogP contribution in [-0.4, -0.2) is 24.3 Å². The molecule has 1 fully saturated rings. The molecule has 0 heterocycles. The third-order valence-corrected chi connectivity index (χ3v) is 4.92. The first-order valence-corrected chi connectivity index (χ1v) is 7.73. The van der Waals surface area contributed by atoms with Crippen LogP contribution in [0.1, 0.15) is 30.4 Å². The molecule has 0 radical (unpaired) electrons. The van der Waals surface area contributed by atoms with Crippen LogP contribution in [0.4, 0.5) is 0 Å². The molecule has 2 unspecified atom stereocenters. The molecule has 3 heteroatoms. The average molecular weight is 318 g/mol. The second-order valence-electron chi connectivity index (χ2n) is 6.02. The van der Waals surface area contributed by atoms with Crippen molar-refractivity contribution in [3.05, 3.63) is 71.8 Å². The number of hydrogen-bond acceptors (Lipinski definition) is 2. The van der Waals surface area contributed by atoms with E-state index in [4.69, 9.17) is 0 Å². The third kappa shape index (κ3) is 3.05. The third-order valence-electron chi connectivity index (χ3n) is 4.92. The Balaban J connectivity index is 0.00000176. The molecule has 1 aliphatic carbocycles.